The number of carbonyl (C=O) groups is 2. The number of anilines is 1. The number of nitrogens with one attached hydrogen (secondary N) is 2. The number of nitrogens with zero attached hydrogens (tertiary/aromatic N) is 2. The Hall–Kier alpha value is -3.73. The van der Waals surface area contributed by atoms with Gasteiger partial charge in [0.15, 0.2) is 16.6 Å². The van der Waals surface area contributed by atoms with Crippen molar-refractivity contribution in [2.24, 2.45) is 0 Å². The lowest BCUT2D eigenvalue weighted by molar-refractivity contribution is -0.385. The molecular formula is C19H16N4O6S. The number of ether oxygens (including phenoxy) is 2. The highest BCUT2D eigenvalue weighted by atomic mass is 32.1. The van der Waals surface area contributed by atoms with E-state index in [1.807, 2.05) is 6.07 Å². The van der Waals surface area contributed by atoms with Crippen molar-refractivity contribution in [2.75, 3.05) is 25.1 Å². The molecule has 2 N–H and O–H groups in total. The van der Waals surface area contributed by atoms with Crippen molar-refractivity contribution >= 4 is 44.2 Å². The fraction of sp³-hybridized carbons (Fsp3) is 0.211. The molecule has 0 saturated carbocycles. The van der Waals surface area contributed by atoms with Gasteiger partial charge in [-0.2, -0.15) is 0 Å². The summed E-state index contributed by atoms with van der Waals surface area (Å²) >= 11 is 1.27. The monoisotopic (exact) mass is 428 g/mol. The van der Waals surface area contributed by atoms with Gasteiger partial charge in [0.1, 0.15) is 13.2 Å². The van der Waals surface area contributed by atoms with Crippen LogP contribution in [0.5, 0.6) is 11.5 Å². The molecule has 154 valence electrons. The van der Waals surface area contributed by atoms with Crippen LogP contribution in [-0.2, 0) is 4.79 Å². The summed E-state index contributed by atoms with van der Waals surface area (Å²) in [6, 6.07) is 7.70. The molecule has 0 spiro atoms. The molecule has 11 heteroatoms. The van der Waals surface area contributed by atoms with Crippen molar-refractivity contribution in [1.29, 1.82) is 0 Å². The first-order chi connectivity index (χ1) is 14.4. The van der Waals surface area contributed by atoms with E-state index in [0.29, 0.717) is 40.9 Å². The van der Waals surface area contributed by atoms with E-state index in [1.165, 1.54) is 29.5 Å². The third-order valence-corrected chi connectivity index (χ3v) is 5.31. The van der Waals surface area contributed by atoms with E-state index in [4.69, 9.17) is 9.47 Å². The van der Waals surface area contributed by atoms with Crippen molar-refractivity contribution < 1.29 is 24.0 Å². The predicted octanol–water partition coefficient (Wildman–Crippen LogP) is 2.65. The minimum atomic E-state index is -0.584. The summed E-state index contributed by atoms with van der Waals surface area (Å²) in [5.74, 6) is 0.187. The second-order valence-corrected chi connectivity index (χ2v) is 7.50. The third-order valence-electron chi connectivity index (χ3n) is 4.38. The first-order valence-corrected chi connectivity index (χ1v) is 9.75. The van der Waals surface area contributed by atoms with Gasteiger partial charge in [-0.25, -0.2) is 4.98 Å². The van der Waals surface area contributed by atoms with E-state index >= 15 is 0 Å². The number of aromatic nitrogens is 1. The summed E-state index contributed by atoms with van der Waals surface area (Å²) in [5.41, 5.74) is 1.06. The maximum Gasteiger partial charge on any atom is 0.273 e. The lowest BCUT2D eigenvalue weighted by atomic mass is 10.1. The predicted molar refractivity (Wildman–Crippen MR) is 109 cm³/mol. The normalized spacial score (nSPS) is 12.4. The van der Waals surface area contributed by atoms with Crippen LogP contribution in [0, 0.1) is 17.0 Å². The van der Waals surface area contributed by atoms with Gasteiger partial charge in [0.2, 0.25) is 5.91 Å². The standard InChI is InChI=1S/C19H16N4O6S/c1-10-2-3-11(6-13(10)23(26)27)18(25)20-9-17(24)22-19-21-12-7-14-15(8-16(12)30-19)29-5-4-28-14/h2-3,6-8H,4-5,9H2,1H3,(H,20,25)(H,21,22,24). The molecule has 2 amide bonds. The molecular weight excluding hydrogens is 412 g/mol. The number of hydrogen-bond acceptors (Lipinski definition) is 8. The van der Waals surface area contributed by atoms with Gasteiger partial charge in [-0.05, 0) is 13.0 Å². The van der Waals surface area contributed by atoms with Gasteiger partial charge >= 0.3 is 0 Å². The Morgan fingerprint density at radius 3 is 2.67 bits per heavy atom. The highest BCUT2D eigenvalue weighted by molar-refractivity contribution is 7.22. The van der Waals surface area contributed by atoms with E-state index in [9.17, 15) is 19.7 Å². The Kier molecular flexibility index (Phi) is 5.19. The number of thiazole rings is 1. The highest BCUT2D eigenvalue weighted by Crippen LogP contribution is 2.37. The van der Waals surface area contributed by atoms with Crippen LogP contribution in [-0.4, -0.2) is 41.5 Å². The quantitative estimate of drug-likeness (QED) is 0.471. The Balaban J connectivity index is 1.39. The molecule has 2 aromatic carbocycles. The zero-order valence-electron chi connectivity index (χ0n) is 15.8. The molecule has 30 heavy (non-hydrogen) atoms. The number of carbonyl (C=O) groups excluding carboxylic acids is 2. The molecule has 0 saturated heterocycles. The second-order valence-electron chi connectivity index (χ2n) is 6.47. The van der Waals surface area contributed by atoms with Crippen LogP contribution in [0.3, 0.4) is 0 Å². The fourth-order valence-electron chi connectivity index (χ4n) is 2.89. The number of fused-ring (bicyclic) bond motifs is 2. The van der Waals surface area contributed by atoms with Crippen LogP contribution in [0.4, 0.5) is 10.8 Å². The molecule has 0 unspecified atom stereocenters. The zero-order chi connectivity index (χ0) is 21.3. The molecule has 3 aromatic rings. The summed E-state index contributed by atoms with van der Waals surface area (Å²) in [4.78, 5) is 39.2. The largest absolute Gasteiger partial charge is 0.486 e. The number of hydrogen-bond donors (Lipinski definition) is 2. The number of benzene rings is 2. The smallest absolute Gasteiger partial charge is 0.273 e. The summed E-state index contributed by atoms with van der Waals surface area (Å²) in [5, 5.41) is 16.5. The molecule has 0 atom stereocenters. The molecule has 0 radical (unpaired) electrons. The molecule has 0 fully saturated rings. The third kappa shape index (κ3) is 4.01. The number of nitro groups is 1. The maximum absolute atomic E-state index is 12.2. The number of nitro benzene ring substituents is 1. The van der Waals surface area contributed by atoms with Crippen LogP contribution in [0.1, 0.15) is 15.9 Å². The van der Waals surface area contributed by atoms with Crippen molar-refractivity contribution in [3.63, 3.8) is 0 Å². The minimum absolute atomic E-state index is 0.102. The molecule has 0 bridgehead atoms. The Morgan fingerprint density at radius 1 is 1.20 bits per heavy atom. The van der Waals surface area contributed by atoms with Gasteiger partial charge in [-0.1, -0.05) is 17.4 Å². The van der Waals surface area contributed by atoms with Crippen LogP contribution in [0.2, 0.25) is 0 Å². The molecule has 10 nitrogen and oxygen atoms in total. The van der Waals surface area contributed by atoms with E-state index < -0.39 is 16.7 Å². The minimum Gasteiger partial charge on any atom is -0.486 e. The fourth-order valence-corrected chi connectivity index (χ4v) is 3.78. The van der Waals surface area contributed by atoms with Gasteiger partial charge in [0, 0.05) is 29.3 Å². The molecule has 1 aromatic heterocycles. The summed E-state index contributed by atoms with van der Waals surface area (Å²) in [6.07, 6.45) is 0. The van der Waals surface area contributed by atoms with Gasteiger partial charge in [-0.15, -0.1) is 0 Å². The van der Waals surface area contributed by atoms with E-state index in [1.54, 1.807) is 13.0 Å². The van der Waals surface area contributed by atoms with E-state index in [-0.39, 0.29) is 17.8 Å². The lowest BCUT2D eigenvalue weighted by Crippen LogP contribution is -2.32. The molecule has 1 aliphatic heterocycles. The summed E-state index contributed by atoms with van der Waals surface area (Å²) in [7, 11) is 0. The Morgan fingerprint density at radius 2 is 1.93 bits per heavy atom. The van der Waals surface area contributed by atoms with Crippen LogP contribution in [0.15, 0.2) is 30.3 Å². The number of aryl methyl sites for hydroxylation is 1. The maximum atomic E-state index is 12.2. The van der Waals surface area contributed by atoms with Crippen LogP contribution < -0.4 is 20.1 Å². The van der Waals surface area contributed by atoms with Gasteiger partial charge < -0.3 is 20.1 Å². The molecule has 0 aliphatic carbocycles. The summed E-state index contributed by atoms with van der Waals surface area (Å²) < 4.78 is 11.9. The van der Waals surface area contributed by atoms with Gasteiger partial charge in [0.05, 0.1) is 21.7 Å². The van der Waals surface area contributed by atoms with Gasteiger partial charge in [-0.3, -0.25) is 19.7 Å². The van der Waals surface area contributed by atoms with Crippen molar-refractivity contribution in [3.8, 4) is 11.5 Å². The van der Waals surface area contributed by atoms with Crippen LogP contribution in [0.25, 0.3) is 10.2 Å². The van der Waals surface area contributed by atoms with Crippen molar-refractivity contribution in [3.05, 3.63) is 51.6 Å². The molecule has 1 aliphatic rings. The molecule has 4 rings (SSSR count). The zero-order valence-corrected chi connectivity index (χ0v) is 16.6. The van der Waals surface area contributed by atoms with E-state index in [2.05, 4.69) is 15.6 Å². The highest BCUT2D eigenvalue weighted by Gasteiger charge is 2.18. The van der Waals surface area contributed by atoms with Gasteiger partial charge in [0.25, 0.3) is 11.6 Å². The lowest BCUT2D eigenvalue weighted by Gasteiger charge is -2.17. The SMILES string of the molecule is Cc1ccc(C(=O)NCC(=O)Nc2nc3cc4c(cc3s2)OCCO4)cc1[N+](=O)[O-]. The summed E-state index contributed by atoms with van der Waals surface area (Å²) in [6.45, 7) is 2.22. The van der Waals surface area contributed by atoms with Crippen molar-refractivity contribution in [2.45, 2.75) is 6.92 Å². The average molecular weight is 428 g/mol. The first kappa shape index (κ1) is 19.6. The number of amides is 2. The first-order valence-electron chi connectivity index (χ1n) is 8.94. The second kappa shape index (κ2) is 7.95. The number of rotatable bonds is 5. The van der Waals surface area contributed by atoms with E-state index in [0.717, 1.165) is 4.70 Å². The molecule has 2 heterocycles. The average Bonchev–Trinajstić information content (AvgIpc) is 3.11. The Bertz CT molecular complexity index is 1130. The van der Waals surface area contributed by atoms with Crippen molar-refractivity contribution in [1.82, 2.24) is 10.3 Å². The topological polar surface area (TPSA) is 133 Å². The van der Waals surface area contributed by atoms with Crippen LogP contribution >= 0.6 is 11.3 Å². The Labute approximate surface area is 174 Å².